The SMILES string of the molecule is COCCn1cc([C@@H]2C[C@H](c3cn4c(=O)c(C)c(C)nc4c(-c4ccc(Cl)cc4F)n3)CCO2)cn1. The fourth-order valence-electron chi connectivity index (χ4n) is 4.56. The third kappa shape index (κ3) is 4.66. The molecule has 0 unspecified atom stereocenters. The summed E-state index contributed by atoms with van der Waals surface area (Å²) in [6, 6.07) is 4.43. The maximum atomic E-state index is 15.0. The van der Waals surface area contributed by atoms with E-state index in [-0.39, 0.29) is 28.2 Å². The predicted molar refractivity (Wildman–Crippen MR) is 134 cm³/mol. The number of hydrogen-bond donors (Lipinski definition) is 0. The van der Waals surface area contributed by atoms with Gasteiger partial charge in [-0.15, -0.1) is 0 Å². The number of halogens is 2. The summed E-state index contributed by atoms with van der Waals surface area (Å²) in [6.07, 6.45) is 6.74. The summed E-state index contributed by atoms with van der Waals surface area (Å²) < 4.78 is 29.5. The number of ether oxygens (including phenoxy) is 2. The highest BCUT2D eigenvalue weighted by atomic mass is 35.5. The van der Waals surface area contributed by atoms with Crippen molar-refractivity contribution in [1.29, 1.82) is 0 Å². The van der Waals surface area contributed by atoms with Crippen LogP contribution >= 0.6 is 11.6 Å². The number of aromatic nitrogens is 5. The van der Waals surface area contributed by atoms with Crippen LogP contribution in [0.25, 0.3) is 16.9 Å². The van der Waals surface area contributed by atoms with Crippen molar-refractivity contribution >= 4 is 17.2 Å². The maximum Gasteiger partial charge on any atom is 0.261 e. The van der Waals surface area contributed by atoms with Crippen molar-refractivity contribution in [3.8, 4) is 11.3 Å². The molecule has 4 aromatic rings. The Morgan fingerprint density at radius 2 is 2.08 bits per heavy atom. The van der Waals surface area contributed by atoms with E-state index in [2.05, 4.69) is 10.1 Å². The first-order valence-corrected chi connectivity index (χ1v) is 12.2. The highest BCUT2D eigenvalue weighted by molar-refractivity contribution is 6.30. The van der Waals surface area contributed by atoms with Gasteiger partial charge in [0.15, 0.2) is 5.65 Å². The standard InChI is InChI=1S/C26H27ClFN5O3/c1-15-16(2)30-25-24(20-5-4-19(27)11-21(20)28)31-22(14-33(25)26(15)34)17-6-8-36-23(10-17)18-12-29-32(13-18)7-9-35-3/h4-5,11-14,17,23H,6-10H2,1-3H3/t17-,23+/m1/s1. The van der Waals surface area contributed by atoms with Crippen LogP contribution in [0.15, 0.2) is 41.6 Å². The van der Waals surface area contributed by atoms with E-state index >= 15 is 4.39 Å². The van der Waals surface area contributed by atoms with E-state index in [1.54, 1.807) is 39.3 Å². The zero-order valence-corrected chi connectivity index (χ0v) is 21.1. The van der Waals surface area contributed by atoms with E-state index in [0.29, 0.717) is 54.5 Å². The fourth-order valence-corrected chi connectivity index (χ4v) is 4.72. The fraction of sp³-hybridized carbons (Fsp3) is 0.385. The molecule has 1 aliphatic rings. The highest BCUT2D eigenvalue weighted by Gasteiger charge is 2.29. The molecule has 0 radical (unpaired) electrons. The summed E-state index contributed by atoms with van der Waals surface area (Å²) >= 11 is 5.99. The van der Waals surface area contributed by atoms with Gasteiger partial charge in [0.1, 0.15) is 11.5 Å². The molecule has 0 aliphatic carbocycles. The van der Waals surface area contributed by atoms with Crippen LogP contribution in [0.2, 0.25) is 5.02 Å². The normalized spacial score (nSPS) is 18.1. The number of methoxy groups -OCH3 is 1. The molecule has 0 N–H and O–H groups in total. The van der Waals surface area contributed by atoms with E-state index in [0.717, 1.165) is 12.0 Å². The van der Waals surface area contributed by atoms with Crippen LogP contribution in [0.5, 0.6) is 0 Å². The van der Waals surface area contributed by atoms with Crippen molar-refractivity contribution in [1.82, 2.24) is 24.1 Å². The summed E-state index contributed by atoms with van der Waals surface area (Å²) in [5.41, 5.74) is 3.48. The third-order valence-corrected chi connectivity index (χ3v) is 6.97. The first-order chi connectivity index (χ1) is 17.4. The molecule has 1 saturated heterocycles. The third-order valence-electron chi connectivity index (χ3n) is 6.74. The van der Waals surface area contributed by atoms with Crippen LogP contribution in [0.1, 0.15) is 47.4 Å². The molecule has 188 valence electrons. The average Bonchev–Trinajstić information content (AvgIpc) is 3.35. The van der Waals surface area contributed by atoms with Gasteiger partial charge in [0.25, 0.3) is 5.56 Å². The molecule has 1 aromatic carbocycles. The molecule has 0 spiro atoms. The second-order valence-electron chi connectivity index (χ2n) is 9.07. The van der Waals surface area contributed by atoms with Gasteiger partial charge < -0.3 is 9.47 Å². The van der Waals surface area contributed by atoms with Crippen LogP contribution < -0.4 is 5.56 Å². The van der Waals surface area contributed by atoms with Crippen LogP contribution in [0, 0.1) is 19.7 Å². The van der Waals surface area contributed by atoms with Gasteiger partial charge in [0, 0.05) is 59.4 Å². The summed E-state index contributed by atoms with van der Waals surface area (Å²) in [5.74, 6) is -0.520. The number of rotatable bonds is 6. The van der Waals surface area contributed by atoms with Crippen LogP contribution in [0.4, 0.5) is 4.39 Å². The van der Waals surface area contributed by atoms with E-state index in [9.17, 15) is 4.79 Å². The van der Waals surface area contributed by atoms with Crippen molar-refractivity contribution in [2.24, 2.45) is 0 Å². The minimum Gasteiger partial charge on any atom is -0.383 e. The Balaban J connectivity index is 1.57. The predicted octanol–water partition coefficient (Wildman–Crippen LogP) is 4.64. The number of hydrogen-bond acceptors (Lipinski definition) is 6. The lowest BCUT2D eigenvalue weighted by Gasteiger charge is -2.29. The molecular weight excluding hydrogens is 485 g/mol. The Morgan fingerprint density at radius 1 is 1.25 bits per heavy atom. The number of fused-ring (bicyclic) bond motifs is 1. The lowest BCUT2D eigenvalue weighted by atomic mass is 9.90. The Morgan fingerprint density at radius 3 is 2.86 bits per heavy atom. The highest BCUT2D eigenvalue weighted by Crippen LogP contribution is 2.38. The van der Waals surface area contributed by atoms with E-state index in [1.165, 1.54) is 10.5 Å². The van der Waals surface area contributed by atoms with E-state index < -0.39 is 5.82 Å². The molecule has 0 saturated carbocycles. The molecule has 1 aliphatic heterocycles. The summed E-state index contributed by atoms with van der Waals surface area (Å²) in [5, 5.41) is 4.69. The van der Waals surface area contributed by atoms with Crippen LogP contribution in [0.3, 0.4) is 0 Å². The quantitative estimate of drug-likeness (QED) is 0.375. The molecule has 2 atom stereocenters. The van der Waals surface area contributed by atoms with Gasteiger partial charge in [-0.25, -0.2) is 14.4 Å². The van der Waals surface area contributed by atoms with Gasteiger partial charge in [-0.3, -0.25) is 13.9 Å². The van der Waals surface area contributed by atoms with Gasteiger partial charge in [0.2, 0.25) is 0 Å². The first kappa shape index (κ1) is 24.5. The topological polar surface area (TPSA) is 83.5 Å². The maximum absolute atomic E-state index is 15.0. The molecule has 10 heteroatoms. The second kappa shape index (κ2) is 10.1. The van der Waals surface area contributed by atoms with Crippen molar-refractivity contribution in [3.63, 3.8) is 0 Å². The minimum atomic E-state index is -0.519. The van der Waals surface area contributed by atoms with Gasteiger partial charge in [-0.2, -0.15) is 5.10 Å². The summed E-state index contributed by atoms with van der Waals surface area (Å²) in [7, 11) is 1.66. The first-order valence-electron chi connectivity index (χ1n) is 11.8. The van der Waals surface area contributed by atoms with Gasteiger partial charge in [-0.1, -0.05) is 11.6 Å². The van der Waals surface area contributed by atoms with Crippen LogP contribution in [-0.2, 0) is 16.0 Å². The molecule has 8 nitrogen and oxygen atoms in total. The molecule has 1 fully saturated rings. The molecule has 4 heterocycles. The number of benzene rings is 1. The Kier molecular flexibility index (Phi) is 6.87. The molecule has 0 bridgehead atoms. The molecule has 5 rings (SSSR count). The Labute approximate surface area is 212 Å². The Hall–Kier alpha value is -3.14. The summed E-state index contributed by atoms with van der Waals surface area (Å²) in [4.78, 5) is 22.7. The largest absolute Gasteiger partial charge is 0.383 e. The molecule has 3 aromatic heterocycles. The van der Waals surface area contributed by atoms with Crippen molar-refractivity contribution < 1.29 is 13.9 Å². The second-order valence-corrected chi connectivity index (χ2v) is 9.51. The van der Waals surface area contributed by atoms with E-state index in [4.69, 9.17) is 26.1 Å². The smallest absolute Gasteiger partial charge is 0.261 e. The molecule has 36 heavy (non-hydrogen) atoms. The van der Waals surface area contributed by atoms with Crippen LogP contribution in [-0.4, -0.2) is 44.5 Å². The lowest BCUT2D eigenvalue weighted by molar-refractivity contribution is 0.00452. The average molecular weight is 512 g/mol. The van der Waals surface area contributed by atoms with E-state index in [1.807, 2.05) is 17.1 Å². The monoisotopic (exact) mass is 511 g/mol. The molecule has 0 amide bonds. The lowest BCUT2D eigenvalue weighted by Crippen LogP contribution is -2.24. The van der Waals surface area contributed by atoms with Crippen molar-refractivity contribution in [2.75, 3.05) is 20.3 Å². The van der Waals surface area contributed by atoms with Gasteiger partial charge in [-0.05, 0) is 44.9 Å². The minimum absolute atomic E-state index is 0.00176. The number of nitrogens with zero attached hydrogens (tertiary/aromatic N) is 5. The zero-order chi connectivity index (χ0) is 25.4. The van der Waals surface area contributed by atoms with Crippen molar-refractivity contribution in [2.45, 2.75) is 45.3 Å². The van der Waals surface area contributed by atoms with Gasteiger partial charge >= 0.3 is 0 Å². The van der Waals surface area contributed by atoms with Gasteiger partial charge in [0.05, 0.1) is 31.1 Å². The molecular formula is C26H27ClFN5O3. The number of aryl methyl sites for hydroxylation is 1. The van der Waals surface area contributed by atoms with Crippen molar-refractivity contribution in [3.05, 3.63) is 80.5 Å². The summed E-state index contributed by atoms with van der Waals surface area (Å²) in [6.45, 7) is 5.27. The zero-order valence-electron chi connectivity index (χ0n) is 20.4. The Bertz CT molecular complexity index is 1480.